The van der Waals surface area contributed by atoms with E-state index in [1.54, 1.807) is 36.4 Å². The number of aromatic carboxylic acids is 1. The van der Waals surface area contributed by atoms with Crippen molar-refractivity contribution in [2.75, 3.05) is 5.32 Å². The van der Waals surface area contributed by atoms with Gasteiger partial charge in [0.2, 0.25) is 11.8 Å². The number of carbonyl (C=O) groups excluding carboxylic acids is 3. The molecule has 0 spiro atoms. The smallest absolute Gasteiger partial charge is 0.452 e. The zero-order chi connectivity index (χ0) is 29.6. The number of pyridine rings is 1. The highest BCUT2D eigenvalue weighted by molar-refractivity contribution is 5.94. The normalized spacial score (nSPS) is 12.1. The molecule has 1 heterocycles. The highest BCUT2D eigenvalue weighted by Gasteiger charge is 2.45. The highest BCUT2D eigenvalue weighted by Crippen LogP contribution is 2.22. The number of anilines is 1. The van der Waals surface area contributed by atoms with E-state index in [9.17, 15) is 37.1 Å². The van der Waals surface area contributed by atoms with Crippen molar-refractivity contribution in [1.29, 1.82) is 0 Å². The Hall–Kier alpha value is -4.74. The molecule has 1 atom stereocenters. The third kappa shape index (κ3) is 7.43. The van der Waals surface area contributed by atoms with E-state index < -0.39 is 53.8 Å². The Morgan fingerprint density at radius 1 is 0.925 bits per heavy atom. The minimum absolute atomic E-state index is 0.0189. The summed E-state index contributed by atoms with van der Waals surface area (Å²) in [5.41, 5.74) is 0.103. The van der Waals surface area contributed by atoms with Gasteiger partial charge in [-0.05, 0) is 41.3 Å². The van der Waals surface area contributed by atoms with Gasteiger partial charge < -0.3 is 15.7 Å². The van der Waals surface area contributed by atoms with Crippen LogP contribution in [0.2, 0.25) is 0 Å². The van der Waals surface area contributed by atoms with Crippen LogP contribution < -0.4 is 16.2 Å². The number of Topliss-reactive ketones (excluding diaryl/α,β-unsaturated/α-hetero) is 1. The number of carboxylic acids is 1. The van der Waals surface area contributed by atoms with E-state index in [-0.39, 0.29) is 23.4 Å². The van der Waals surface area contributed by atoms with Crippen LogP contribution >= 0.6 is 0 Å². The summed E-state index contributed by atoms with van der Waals surface area (Å²) in [6.07, 6.45) is -5.42. The van der Waals surface area contributed by atoms with Crippen LogP contribution in [-0.2, 0) is 27.3 Å². The summed E-state index contributed by atoms with van der Waals surface area (Å²) in [5.74, 6) is -5.81. The predicted molar refractivity (Wildman–Crippen MR) is 140 cm³/mol. The van der Waals surface area contributed by atoms with Gasteiger partial charge in [0.05, 0.1) is 23.7 Å². The molecule has 0 radical (unpaired) electrons. The first-order valence-electron chi connectivity index (χ1n) is 12.1. The zero-order valence-corrected chi connectivity index (χ0v) is 21.5. The average Bonchev–Trinajstić information content (AvgIpc) is 2.89. The van der Waals surface area contributed by atoms with E-state index in [2.05, 4.69) is 10.6 Å². The van der Waals surface area contributed by atoms with E-state index >= 15 is 0 Å². The van der Waals surface area contributed by atoms with Crippen molar-refractivity contribution in [3.63, 3.8) is 0 Å². The summed E-state index contributed by atoms with van der Waals surface area (Å²) in [6.45, 7) is 1.96. The first kappa shape index (κ1) is 29.8. The largest absolute Gasteiger partial charge is 0.478 e. The molecule has 0 aliphatic heterocycles. The molecule has 0 saturated heterocycles. The van der Waals surface area contributed by atoms with Gasteiger partial charge in [0.1, 0.15) is 12.2 Å². The summed E-state index contributed by atoms with van der Waals surface area (Å²) < 4.78 is 40.1. The second-order valence-electron chi connectivity index (χ2n) is 9.27. The molecule has 3 rings (SSSR count). The molecule has 12 heteroatoms. The van der Waals surface area contributed by atoms with E-state index in [1.165, 1.54) is 44.2 Å². The van der Waals surface area contributed by atoms with Gasteiger partial charge in [-0.1, -0.05) is 56.3 Å². The lowest BCUT2D eigenvalue weighted by atomic mass is 9.99. The molecule has 0 fully saturated rings. The number of alkyl halides is 3. The van der Waals surface area contributed by atoms with E-state index in [4.69, 9.17) is 5.11 Å². The van der Waals surface area contributed by atoms with Crippen molar-refractivity contribution in [1.82, 2.24) is 9.88 Å². The van der Waals surface area contributed by atoms with E-state index in [1.807, 2.05) is 0 Å². The maximum Gasteiger partial charge on any atom is 0.452 e. The molecule has 1 unspecified atom stereocenters. The van der Waals surface area contributed by atoms with Gasteiger partial charge in [0.15, 0.2) is 0 Å². The number of nitrogens with one attached hydrogen (secondary N) is 2. The number of nitrogens with zero attached hydrogens (tertiary/aromatic N) is 1. The van der Waals surface area contributed by atoms with Gasteiger partial charge in [0.25, 0.3) is 11.3 Å². The quantitative estimate of drug-likeness (QED) is 0.348. The van der Waals surface area contributed by atoms with Crippen LogP contribution in [0.15, 0.2) is 71.5 Å². The van der Waals surface area contributed by atoms with Crippen LogP contribution in [-0.4, -0.2) is 45.5 Å². The van der Waals surface area contributed by atoms with Crippen LogP contribution in [0.5, 0.6) is 0 Å². The Kier molecular flexibility index (Phi) is 9.25. The third-order valence-corrected chi connectivity index (χ3v) is 5.90. The molecule has 1 aromatic heterocycles. The summed E-state index contributed by atoms with van der Waals surface area (Å²) in [6, 6.07) is 15.0. The van der Waals surface area contributed by atoms with Crippen molar-refractivity contribution in [3.05, 3.63) is 88.2 Å². The van der Waals surface area contributed by atoms with Crippen LogP contribution in [0.25, 0.3) is 11.3 Å². The Morgan fingerprint density at radius 3 is 2.20 bits per heavy atom. The summed E-state index contributed by atoms with van der Waals surface area (Å²) in [4.78, 5) is 61.9. The molecular formula is C28H26F3N3O6. The van der Waals surface area contributed by atoms with Gasteiger partial charge >= 0.3 is 12.1 Å². The number of carboxylic acid groups (broad SMARTS) is 1. The number of carbonyl (C=O) groups is 4. The minimum Gasteiger partial charge on any atom is -0.478 e. The second-order valence-corrected chi connectivity index (χ2v) is 9.27. The fraction of sp³-hybridized carbons (Fsp3) is 0.250. The van der Waals surface area contributed by atoms with Crippen LogP contribution in [0.4, 0.5) is 18.9 Å². The molecule has 210 valence electrons. The number of halogens is 3. The molecular weight excluding hydrogens is 531 g/mol. The first-order valence-corrected chi connectivity index (χ1v) is 12.1. The van der Waals surface area contributed by atoms with Crippen LogP contribution in [0.1, 0.15) is 29.8 Å². The van der Waals surface area contributed by atoms with Crippen molar-refractivity contribution in [3.8, 4) is 11.3 Å². The number of hydrogen-bond donors (Lipinski definition) is 3. The van der Waals surface area contributed by atoms with Crippen molar-refractivity contribution < 1.29 is 37.5 Å². The lowest BCUT2D eigenvalue weighted by Crippen LogP contribution is -2.50. The van der Waals surface area contributed by atoms with Gasteiger partial charge in [-0.2, -0.15) is 13.2 Å². The van der Waals surface area contributed by atoms with Gasteiger partial charge in [-0.3, -0.25) is 23.7 Å². The van der Waals surface area contributed by atoms with Crippen molar-refractivity contribution in [2.24, 2.45) is 5.92 Å². The van der Waals surface area contributed by atoms with E-state index in [0.29, 0.717) is 11.1 Å². The lowest BCUT2D eigenvalue weighted by Gasteiger charge is -2.23. The van der Waals surface area contributed by atoms with Crippen LogP contribution in [0.3, 0.4) is 0 Å². The Bertz CT molecular complexity index is 1480. The maximum atomic E-state index is 13.4. The number of rotatable bonds is 10. The minimum atomic E-state index is -5.16. The molecule has 0 saturated carbocycles. The molecule has 40 heavy (non-hydrogen) atoms. The van der Waals surface area contributed by atoms with Crippen molar-refractivity contribution >= 4 is 29.3 Å². The molecule has 0 bridgehead atoms. The second kappa shape index (κ2) is 12.4. The summed E-state index contributed by atoms with van der Waals surface area (Å²) in [7, 11) is 0. The Labute approximate surface area is 226 Å². The topological polar surface area (TPSA) is 135 Å². The average molecular weight is 558 g/mol. The third-order valence-electron chi connectivity index (χ3n) is 5.90. The first-order chi connectivity index (χ1) is 18.8. The Balaban J connectivity index is 1.91. The number of amides is 2. The lowest BCUT2D eigenvalue weighted by molar-refractivity contribution is -0.174. The highest BCUT2D eigenvalue weighted by atomic mass is 19.4. The number of hydrogen-bond acceptors (Lipinski definition) is 5. The number of benzene rings is 2. The molecule has 2 amide bonds. The standard InChI is InChI=1S/C28H26F3N3O6/c1-16(2)24(25(37)28(29,30)31)33-23(36)15-34-21(18-8-4-3-5-9-18)12-11-20(26(34)38)32-22(35)14-17-7-6-10-19(13-17)27(39)40/h3-13,16,24H,14-15H2,1-2H3,(H,32,35)(H,33,36)(H,39,40). The zero-order valence-electron chi connectivity index (χ0n) is 21.5. The monoisotopic (exact) mass is 557 g/mol. The van der Waals surface area contributed by atoms with Gasteiger partial charge in [-0.25, -0.2) is 4.79 Å². The number of ketones is 1. The van der Waals surface area contributed by atoms with Crippen LogP contribution in [0, 0.1) is 5.92 Å². The molecule has 3 N–H and O–H groups in total. The molecule has 3 aromatic rings. The maximum absolute atomic E-state index is 13.4. The predicted octanol–water partition coefficient (Wildman–Crippen LogP) is 3.67. The fourth-order valence-corrected chi connectivity index (χ4v) is 3.96. The van der Waals surface area contributed by atoms with Gasteiger partial charge in [-0.15, -0.1) is 0 Å². The Morgan fingerprint density at radius 2 is 1.60 bits per heavy atom. The molecule has 9 nitrogen and oxygen atoms in total. The van der Waals surface area contributed by atoms with Crippen molar-refractivity contribution in [2.45, 2.75) is 39.0 Å². The number of aromatic nitrogens is 1. The fourth-order valence-electron chi connectivity index (χ4n) is 3.96. The SMILES string of the molecule is CC(C)C(NC(=O)Cn1c(-c2ccccc2)ccc(NC(=O)Cc2cccc(C(=O)O)c2)c1=O)C(=O)C(F)(F)F. The summed E-state index contributed by atoms with van der Waals surface area (Å²) in [5, 5.41) is 13.7. The molecule has 0 aliphatic carbocycles. The van der Waals surface area contributed by atoms with Gasteiger partial charge in [0, 0.05) is 0 Å². The molecule has 0 aliphatic rings. The van der Waals surface area contributed by atoms with E-state index in [0.717, 1.165) is 4.57 Å². The molecule has 2 aromatic carbocycles. The summed E-state index contributed by atoms with van der Waals surface area (Å²) >= 11 is 0.